The van der Waals surface area contributed by atoms with Gasteiger partial charge in [0, 0.05) is 43.9 Å². The topological polar surface area (TPSA) is 88.6 Å². The third-order valence-corrected chi connectivity index (χ3v) is 9.12. The minimum atomic E-state index is -0.134. The van der Waals surface area contributed by atoms with E-state index in [1.165, 1.54) is 17.6 Å². The molecule has 1 saturated heterocycles. The van der Waals surface area contributed by atoms with Gasteiger partial charge in [-0.1, -0.05) is 25.1 Å². The standard InChI is InChI=1S/C30H27N3O4S/c1-2-18-11-20-28(36)22(30-31-23-6-3-4-8-25(23)38-30)16-37-29(20)21(27(18)35)15-32-12-17-10-19(14-32)24-7-5-9-26(34)33(24)13-17/h3-9,11,16-17,19,35H,2,10,12-15H2,1H3/t17-,19+/m1/s1. The van der Waals surface area contributed by atoms with Crippen LogP contribution in [-0.2, 0) is 19.5 Å². The van der Waals surface area contributed by atoms with Gasteiger partial charge in [0.1, 0.15) is 22.6 Å². The number of pyridine rings is 1. The van der Waals surface area contributed by atoms with Crippen molar-refractivity contribution >= 4 is 32.5 Å². The van der Waals surface area contributed by atoms with Gasteiger partial charge in [0.2, 0.25) is 5.43 Å². The summed E-state index contributed by atoms with van der Waals surface area (Å²) in [5, 5.41) is 12.3. The molecule has 2 aliphatic rings. The minimum absolute atomic E-state index is 0.0654. The van der Waals surface area contributed by atoms with Gasteiger partial charge in [0.25, 0.3) is 5.56 Å². The van der Waals surface area contributed by atoms with Crippen molar-refractivity contribution in [3.63, 3.8) is 0 Å². The van der Waals surface area contributed by atoms with Crippen LogP contribution < -0.4 is 11.0 Å². The number of thiazole rings is 1. The van der Waals surface area contributed by atoms with Gasteiger partial charge >= 0.3 is 0 Å². The predicted molar refractivity (Wildman–Crippen MR) is 149 cm³/mol. The van der Waals surface area contributed by atoms with Crippen molar-refractivity contribution in [2.24, 2.45) is 5.92 Å². The van der Waals surface area contributed by atoms with Crippen LogP contribution in [0.4, 0.5) is 0 Å². The molecule has 3 aromatic heterocycles. The lowest BCUT2D eigenvalue weighted by Crippen LogP contribution is -2.46. The van der Waals surface area contributed by atoms with Crippen LogP contribution in [0.5, 0.6) is 5.75 Å². The van der Waals surface area contributed by atoms with Crippen LogP contribution in [0, 0.1) is 5.92 Å². The summed E-state index contributed by atoms with van der Waals surface area (Å²) in [7, 11) is 0. The van der Waals surface area contributed by atoms with Crippen molar-refractivity contribution in [3.8, 4) is 16.3 Å². The first-order valence-corrected chi connectivity index (χ1v) is 13.9. The van der Waals surface area contributed by atoms with Crippen LogP contribution >= 0.6 is 11.3 Å². The number of hydrogen-bond donors (Lipinski definition) is 1. The minimum Gasteiger partial charge on any atom is -0.507 e. The molecule has 192 valence electrons. The number of aromatic hydroxyl groups is 1. The molecule has 0 saturated carbocycles. The maximum atomic E-state index is 13.7. The van der Waals surface area contributed by atoms with Crippen LogP contribution in [0.15, 0.2) is 68.8 Å². The molecule has 8 heteroatoms. The number of piperidine rings is 1. The molecular weight excluding hydrogens is 498 g/mol. The van der Waals surface area contributed by atoms with Crippen molar-refractivity contribution in [2.75, 3.05) is 13.1 Å². The van der Waals surface area contributed by atoms with E-state index >= 15 is 0 Å². The van der Waals surface area contributed by atoms with Crippen molar-refractivity contribution in [2.45, 2.75) is 38.8 Å². The van der Waals surface area contributed by atoms with Crippen molar-refractivity contribution in [3.05, 3.63) is 92.2 Å². The van der Waals surface area contributed by atoms with Crippen molar-refractivity contribution in [1.82, 2.24) is 14.5 Å². The Labute approximate surface area is 222 Å². The summed E-state index contributed by atoms with van der Waals surface area (Å²) in [6.45, 7) is 4.77. The number of benzene rings is 2. The Morgan fingerprint density at radius 1 is 1.11 bits per heavy atom. The fraction of sp³-hybridized carbons (Fsp3) is 0.300. The van der Waals surface area contributed by atoms with Crippen LogP contribution in [-0.4, -0.2) is 32.6 Å². The van der Waals surface area contributed by atoms with E-state index in [1.807, 2.05) is 41.8 Å². The van der Waals surface area contributed by atoms with Gasteiger partial charge in [-0.25, -0.2) is 4.98 Å². The first-order chi connectivity index (χ1) is 18.5. The highest BCUT2D eigenvalue weighted by Crippen LogP contribution is 2.38. The van der Waals surface area contributed by atoms with Gasteiger partial charge in [-0.15, -0.1) is 11.3 Å². The van der Waals surface area contributed by atoms with Crippen molar-refractivity contribution in [1.29, 1.82) is 0 Å². The molecule has 7 nitrogen and oxygen atoms in total. The Balaban J connectivity index is 1.29. The average molecular weight is 526 g/mol. The molecule has 2 aromatic carbocycles. The van der Waals surface area contributed by atoms with Gasteiger partial charge in [0.05, 0.1) is 26.7 Å². The van der Waals surface area contributed by atoms with Gasteiger partial charge < -0.3 is 14.1 Å². The Kier molecular flexibility index (Phi) is 5.49. The third kappa shape index (κ3) is 3.70. The second kappa shape index (κ2) is 8.92. The summed E-state index contributed by atoms with van der Waals surface area (Å²) in [6.07, 6.45) is 3.15. The number of phenolic OH excluding ortho intramolecular Hbond substituents is 1. The molecule has 0 aliphatic carbocycles. The first kappa shape index (κ1) is 23.4. The first-order valence-electron chi connectivity index (χ1n) is 13.1. The molecule has 0 spiro atoms. The van der Waals surface area contributed by atoms with E-state index in [-0.39, 0.29) is 22.7 Å². The lowest BCUT2D eigenvalue weighted by Gasteiger charge is -2.42. The summed E-state index contributed by atoms with van der Waals surface area (Å²) in [5.41, 5.74) is 4.12. The molecular formula is C30H27N3O4S. The average Bonchev–Trinajstić information content (AvgIpc) is 3.35. The van der Waals surface area contributed by atoms with E-state index in [0.29, 0.717) is 52.5 Å². The monoisotopic (exact) mass is 525 g/mol. The zero-order chi connectivity index (χ0) is 26.0. The quantitative estimate of drug-likeness (QED) is 0.351. The highest BCUT2D eigenvalue weighted by Gasteiger charge is 2.35. The number of phenols is 1. The number of para-hydroxylation sites is 1. The number of hydrogen-bond acceptors (Lipinski definition) is 7. The Morgan fingerprint density at radius 2 is 1.97 bits per heavy atom. The summed E-state index contributed by atoms with van der Waals surface area (Å²) in [5.74, 6) is 0.821. The Morgan fingerprint density at radius 3 is 2.82 bits per heavy atom. The molecule has 2 bridgehead atoms. The lowest BCUT2D eigenvalue weighted by molar-refractivity contribution is 0.113. The second-order valence-electron chi connectivity index (χ2n) is 10.5. The Hall–Kier alpha value is -3.75. The maximum Gasteiger partial charge on any atom is 0.250 e. The molecule has 5 aromatic rings. The number of aryl methyl sites for hydroxylation is 1. The summed E-state index contributed by atoms with van der Waals surface area (Å²) >= 11 is 1.47. The van der Waals surface area contributed by atoms with E-state index in [0.717, 1.165) is 41.0 Å². The summed E-state index contributed by atoms with van der Waals surface area (Å²) < 4.78 is 9.06. The normalized spacial score (nSPS) is 19.2. The van der Waals surface area contributed by atoms with Gasteiger partial charge in [-0.3, -0.25) is 14.5 Å². The number of likely N-dealkylation sites (tertiary alicyclic amines) is 1. The number of nitrogens with zero attached hydrogens (tertiary/aromatic N) is 3. The Bertz CT molecular complexity index is 1800. The number of rotatable bonds is 4. The van der Waals surface area contributed by atoms with E-state index < -0.39 is 0 Å². The highest BCUT2D eigenvalue weighted by atomic mass is 32.1. The van der Waals surface area contributed by atoms with Crippen LogP contribution in [0.1, 0.15) is 36.1 Å². The molecule has 38 heavy (non-hydrogen) atoms. The van der Waals surface area contributed by atoms with Crippen LogP contribution in [0.3, 0.4) is 0 Å². The molecule has 0 unspecified atom stereocenters. The molecule has 1 N–H and O–H groups in total. The summed E-state index contributed by atoms with van der Waals surface area (Å²) in [6, 6.07) is 15.1. The van der Waals surface area contributed by atoms with Gasteiger partial charge in [-0.2, -0.15) is 0 Å². The van der Waals surface area contributed by atoms with E-state index in [1.54, 1.807) is 12.1 Å². The smallest absolute Gasteiger partial charge is 0.250 e. The van der Waals surface area contributed by atoms with Gasteiger partial charge in [0.15, 0.2) is 0 Å². The molecule has 5 heterocycles. The predicted octanol–water partition coefficient (Wildman–Crippen LogP) is 5.12. The van der Waals surface area contributed by atoms with E-state index in [2.05, 4.69) is 16.0 Å². The molecule has 1 fully saturated rings. The third-order valence-electron chi connectivity index (χ3n) is 8.05. The van der Waals surface area contributed by atoms with E-state index in [9.17, 15) is 14.7 Å². The van der Waals surface area contributed by atoms with Gasteiger partial charge in [-0.05, 0) is 48.6 Å². The molecule has 2 atom stereocenters. The zero-order valence-electron chi connectivity index (χ0n) is 21.0. The van der Waals surface area contributed by atoms with Crippen LogP contribution in [0.2, 0.25) is 0 Å². The lowest BCUT2D eigenvalue weighted by atomic mass is 9.83. The summed E-state index contributed by atoms with van der Waals surface area (Å²) in [4.78, 5) is 33.1. The SMILES string of the molecule is CCc1cc2c(=O)c(-c3nc4ccccc4s3)coc2c(CN2C[C@H]3C[C@@H](C2)c2cccc(=O)n2C3)c1O. The molecule has 2 aliphatic heterocycles. The highest BCUT2D eigenvalue weighted by molar-refractivity contribution is 7.21. The number of aromatic nitrogens is 2. The zero-order valence-corrected chi connectivity index (χ0v) is 21.8. The molecule has 0 amide bonds. The van der Waals surface area contributed by atoms with Crippen molar-refractivity contribution < 1.29 is 9.52 Å². The fourth-order valence-corrected chi connectivity index (χ4v) is 7.26. The fourth-order valence-electron chi connectivity index (χ4n) is 6.29. The van der Waals surface area contributed by atoms with Crippen LogP contribution in [0.25, 0.3) is 31.8 Å². The maximum absolute atomic E-state index is 13.7. The largest absolute Gasteiger partial charge is 0.507 e. The molecule has 0 radical (unpaired) electrons. The molecule has 7 rings (SSSR count). The number of fused-ring (bicyclic) bond motifs is 6. The van der Waals surface area contributed by atoms with E-state index in [4.69, 9.17) is 4.42 Å². The second-order valence-corrected chi connectivity index (χ2v) is 11.5.